The molecule has 0 unspecified atom stereocenters. The van der Waals surface area contributed by atoms with Crippen molar-refractivity contribution in [2.24, 2.45) is 0 Å². The number of carbonyl (C=O) groups is 1. The van der Waals surface area contributed by atoms with Gasteiger partial charge in [-0.3, -0.25) is 24.3 Å². The smallest absolute Gasteiger partial charge is 0.287 e. The van der Waals surface area contributed by atoms with Gasteiger partial charge in [0.15, 0.2) is 0 Å². The Hall–Kier alpha value is -3.47. The fraction of sp³-hybridized carbons (Fsp3) is 0.278. The van der Waals surface area contributed by atoms with Crippen LogP contribution in [0.1, 0.15) is 35.2 Å². The van der Waals surface area contributed by atoms with Crippen molar-refractivity contribution >= 4 is 11.6 Å². The summed E-state index contributed by atoms with van der Waals surface area (Å²) in [5, 5.41) is 22.6. The van der Waals surface area contributed by atoms with Crippen LogP contribution in [0.3, 0.4) is 0 Å². The molecule has 2 aromatic rings. The van der Waals surface area contributed by atoms with Crippen molar-refractivity contribution in [3.63, 3.8) is 0 Å². The molecule has 1 amide bonds. The largest absolute Gasteiger partial charge is 0.348 e. The number of hydrogen-bond acceptors (Lipinski definition) is 5. The average molecular weight is 354 g/mol. The van der Waals surface area contributed by atoms with Crippen molar-refractivity contribution < 1.29 is 9.72 Å². The highest BCUT2D eigenvalue weighted by Gasteiger charge is 2.17. The number of aromatic nitrogens is 1. The van der Waals surface area contributed by atoms with E-state index < -0.39 is 28.6 Å². The first-order valence-corrected chi connectivity index (χ1v) is 7.88. The van der Waals surface area contributed by atoms with Crippen LogP contribution in [0.15, 0.2) is 35.3 Å². The van der Waals surface area contributed by atoms with Gasteiger partial charge in [0, 0.05) is 6.07 Å². The van der Waals surface area contributed by atoms with E-state index in [1.807, 2.05) is 32.0 Å². The molecule has 0 spiro atoms. The third-order valence-electron chi connectivity index (χ3n) is 4.13. The number of nitro groups is 1. The van der Waals surface area contributed by atoms with Crippen LogP contribution in [-0.4, -0.2) is 15.4 Å². The summed E-state index contributed by atoms with van der Waals surface area (Å²) in [5.41, 5.74) is 1.60. The predicted molar refractivity (Wildman–Crippen MR) is 94.5 cm³/mol. The Balaban J connectivity index is 2.20. The van der Waals surface area contributed by atoms with Gasteiger partial charge >= 0.3 is 0 Å². The van der Waals surface area contributed by atoms with Gasteiger partial charge in [0.25, 0.3) is 11.2 Å². The minimum Gasteiger partial charge on any atom is -0.348 e. The molecule has 0 saturated carbocycles. The van der Waals surface area contributed by atoms with Gasteiger partial charge in [0.2, 0.25) is 5.91 Å². The maximum absolute atomic E-state index is 12.3. The van der Waals surface area contributed by atoms with E-state index in [1.54, 1.807) is 13.0 Å². The Kier molecular flexibility index (Phi) is 5.52. The van der Waals surface area contributed by atoms with E-state index in [9.17, 15) is 19.7 Å². The number of amides is 1. The normalized spacial score (nSPS) is 11.5. The summed E-state index contributed by atoms with van der Waals surface area (Å²) in [6, 6.07) is 8.04. The lowest BCUT2D eigenvalue weighted by molar-refractivity contribution is -0.385. The third-order valence-corrected chi connectivity index (χ3v) is 4.13. The molecule has 2 rings (SSSR count). The lowest BCUT2D eigenvalue weighted by Crippen LogP contribution is -2.34. The first kappa shape index (κ1) is 18.9. The van der Waals surface area contributed by atoms with E-state index in [2.05, 4.69) is 5.32 Å². The molecule has 1 aromatic heterocycles. The molecular weight excluding hydrogens is 336 g/mol. The summed E-state index contributed by atoms with van der Waals surface area (Å²) in [5.74, 6) is -0.484. The van der Waals surface area contributed by atoms with Gasteiger partial charge in [-0.2, -0.15) is 5.26 Å². The number of nitrogens with zero attached hydrogens (tertiary/aromatic N) is 3. The quantitative estimate of drug-likeness (QED) is 0.652. The summed E-state index contributed by atoms with van der Waals surface area (Å²) in [6.07, 6.45) is 0.962. The molecule has 0 saturated heterocycles. The second-order valence-electron chi connectivity index (χ2n) is 6.05. The Morgan fingerprint density at radius 3 is 2.62 bits per heavy atom. The molecule has 8 heteroatoms. The number of aryl methyl sites for hydroxylation is 2. The molecule has 1 aromatic carbocycles. The molecule has 0 aliphatic rings. The first-order chi connectivity index (χ1) is 12.2. The Morgan fingerprint density at radius 2 is 2.04 bits per heavy atom. The van der Waals surface area contributed by atoms with Crippen molar-refractivity contribution in [2.75, 3.05) is 0 Å². The molecule has 8 nitrogen and oxygen atoms in total. The molecule has 1 N–H and O–H groups in total. The fourth-order valence-electron chi connectivity index (χ4n) is 2.48. The van der Waals surface area contributed by atoms with Gasteiger partial charge in [-0.1, -0.05) is 18.2 Å². The zero-order valence-corrected chi connectivity index (χ0v) is 14.6. The standard InChI is InChI=1S/C18H18N4O4/c1-11-4-5-14(6-12(11)2)13(3)20-17(23)10-21-9-16(22(25)26)7-15(8-19)18(21)24/h4-7,9,13H,10H2,1-3H3,(H,20,23)/t13-/m0/s1. The number of nitrogens with one attached hydrogen (secondary N) is 1. The molecule has 0 fully saturated rings. The topological polar surface area (TPSA) is 118 Å². The van der Waals surface area contributed by atoms with Crippen LogP contribution < -0.4 is 10.9 Å². The lowest BCUT2D eigenvalue weighted by Gasteiger charge is -2.16. The van der Waals surface area contributed by atoms with Crippen LogP contribution in [0.5, 0.6) is 0 Å². The van der Waals surface area contributed by atoms with E-state index in [0.29, 0.717) is 0 Å². The summed E-state index contributed by atoms with van der Waals surface area (Å²) < 4.78 is 0.874. The van der Waals surface area contributed by atoms with Crippen LogP contribution in [0, 0.1) is 35.3 Å². The van der Waals surface area contributed by atoms with Crippen LogP contribution in [0.4, 0.5) is 5.69 Å². The van der Waals surface area contributed by atoms with Crippen LogP contribution in [-0.2, 0) is 11.3 Å². The highest BCUT2D eigenvalue weighted by atomic mass is 16.6. The van der Waals surface area contributed by atoms with Gasteiger partial charge in [0.05, 0.1) is 17.2 Å². The molecule has 0 aliphatic heterocycles. The molecule has 0 bridgehead atoms. The van der Waals surface area contributed by atoms with E-state index in [0.717, 1.165) is 33.5 Å². The summed E-state index contributed by atoms with van der Waals surface area (Å²) in [7, 11) is 0. The average Bonchev–Trinajstić information content (AvgIpc) is 2.58. The molecule has 0 aliphatic carbocycles. The predicted octanol–water partition coefficient (Wildman–Crippen LogP) is 2.12. The maximum atomic E-state index is 12.3. The summed E-state index contributed by atoms with van der Waals surface area (Å²) in [4.78, 5) is 34.5. The van der Waals surface area contributed by atoms with E-state index >= 15 is 0 Å². The molecule has 26 heavy (non-hydrogen) atoms. The first-order valence-electron chi connectivity index (χ1n) is 7.88. The van der Waals surface area contributed by atoms with Crippen molar-refractivity contribution in [3.05, 3.63) is 73.2 Å². The Morgan fingerprint density at radius 1 is 1.35 bits per heavy atom. The molecule has 0 radical (unpaired) electrons. The van der Waals surface area contributed by atoms with E-state index in [4.69, 9.17) is 5.26 Å². The molecule has 1 atom stereocenters. The molecule has 134 valence electrons. The number of rotatable bonds is 5. The number of hydrogen-bond donors (Lipinski definition) is 1. The number of pyridine rings is 1. The minimum atomic E-state index is -0.743. The lowest BCUT2D eigenvalue weighted by atomic mass is 10.0. The van der Waals surface area contributed by atoms with Gasteiger partial charge in [0.1, 0.15) is 18.2 Å². The monoisotopic (exact) mass is 354 g/mol. The highest BCUT2D eigenvalue weighted by Crippen LogP contribution is 2.17. The van der Waals surface area contributed by atoms with Gasteiger partial charge in [-0.25, -0.2) is 0 Å². The molecule has 1 heterocycles. The van der Waals surface area contributed by atoms with Crippen LogP contribution in [0.25, 0.3) is 0 Å². The molecular formula is C18H18N4O4. The maximum Gasteiger partial charge on any atom is 0.287 e. The number of carbonyl (C=O) groups excluding carboxylic acids is 1. The SMILES string of the molecule is Cc1ccc([C@H](C)NC(=O)Cn2cc([N+](=O)[O-])cc(C#N)c2=O)cc1C. The van der Waals surface area contributed by atoms with E-state index in [-0.39, 0.29) is 11.6 Å². The number of benzene rings is 1. The van der Waals surface area contributed by atoms with Gasteiger partial charge < -0.3 is 5.32 Å². The third kappa shape index (κ3) is 4.13. The van der Waals surface area contributed by atoms with Gasteiger partial charge in [-0.05, 0) is 37.5 Å². The number of nitriles is 1. The van der Waals surface area contributed by atoms with Crippen LogP contribution in [0.2, 0.25) is 0 Å². The minimum absolute atomic E-state index is 0.299. The van der Waals surface area contributed by atoms with Gasteiger partial charge in [-0.15, -0.1) is 0 Å². The summed E-state index contributed by atoms with van der Waals surface area (Å²) >= 11 is 0. The summed E-state index contributed by atoms with van der Waals surface area (Å²) in [6.45, 7) is 5.35. The fourth-order valence-corrected chi connectivity index (χ4v) is 2.48. The van der Waals surface area contributed by atoms with Crippen LogP contribution >= 0.6 is 0 Å². The van der Waals surface area contributed by atoms with Crippen molar-refractivity contribution in [3.8, 4) is 6.07 Å². The van der Waals surface area contributed by atoms with Crippen molar-refractivity contribution in [2.45, 2.75) is 33.4 Å². The zero-order chi connectivity index (χ0) is 19.4. The second kappa shape index (κ2) is 7.61. The Labute approximate surface area is 149 Å². The van der Waals surface area contributed by atoms with E-state index in [1.165, 1.54) is 0 Å². The highest BCUT2D eigenvalue weighted by molar-refractivity contribution is 5.76. The Bertz CT molecular complexity index is 972. The van der Waals surface area contributed by atoms with Crippen molar-refractivity contribution in [1.29, 1.82) is 5.26 Å². The second-order valence-corrected chi connectivity index (χ2v) is 6.05. The zero-order valence-electron chi connectivity index (χ0n) is 14.6. The van der Waals surface area contributed by atoms with Crippen molar-refractivity contribution in [1.82, 2.24) is 9.88 Å².